The summed E-state index contributed by atoms with van der Waals surface area (Å²) in [4.78, 5) is 23.8. The van der Waals surface area contributed by atoms with Crippen LogP contribution in [-0.4, -0.2) is 29.3 Å². The Morgan fingerprint density at radius 3 is 2.78 bits per heavy atom. The highest BCUT2D eigenvalue weighted by atomic mass is 16.6. The lowest BCUT2D eigenvalue weighted by Crippen LogP contribution is -2.28. The largest absolute Gasteiger partial charge is 0.340 e. The van der Waals surface area contributed by atoms with Crippen LogP contribution >= 0.6 is 0 Å². The standard InChI is InChI=1S/C12H13N3O3/c1-9-5-3-6-10(15(17)18)11(9)12(16)14(2)8-4-7-13/h3,5-6H,4,8H2,1-2H3. The van der Waals surface area contributed by atoms with Crippen molar-refractivity contribution >= 4 is 11.6 Å². The van der Waals surface area contributed by atoms with Crippen LogP contribution in [0.5, 0.6) is 0 Å². The van der Waals surface area contributed by atoms with Crippen molar-refractivity contribution in [1.82, 2.24) is 4.90 Å². The second kappa shape index (κ2) is 5.77. The quantitative estimate of drug-likeness (QED) is 0.600. The summed E-state index contributed by atoms with van der Waals surface area (Å²) in [5, 5.41) is 19.4. The Labute approximate surface area is 105 Å². The summed E-state index contributed by atoms with van der Waals surface area (Å²) in [5.41, 5.74) is 0.435. The molecule has 94 valence electrons. The fourth-order valence-electron chi connectivity index (χ4n) is 1.59. The SMILES string of the molecule is Cc1cccc([N+](=O)[O-])c1C(=O)N(C)CCC#N. The zero-order valence-electron chi connectivity index (χ0n) is 10.2. The minimum Gasteiger partial charge on any atom is -0.340 e. The second-order valence-corrected chi connectivity index (χ2v) is 3.86. The number of nitriles is 1. The molecule has 0 aliphatic carbocycles. The number of nitrogens with zero attached hydrogens (tertiary/aromatic N) is 3. The van der Waals surface area contributed by atoms with E-state index in [0.29, 0.717) is 5.56 Å². The van der Waals surface area contributed by atoms with Crippen molar-refractivity contribution < 1.29 is 9.72 Å². The molecule has 1 aromatic rings. The first-order valence-electron chi connectivity index (χ1n) is 5.35. The number of rotatable bonds is 4. The van der Waals surface area contributed by atoms with Gasteiger partial charge in [0, 0.05) is 19.7 Å². The maximum Gasteiger partial charge on any atom is 0.282 e. The van der Waals surface area contributed by atoms with Gasteiger partial charge in [0.1, 0.15) is 5.56 Å². The molecule has 0 radical (unpaired) electrons. The molecule has 1 amide bonds. The fraction of sp³-hybridized carbons (Fsp3) is 0.333. The van der Waals surface area contributed by atoms with Crippen molar-refractivity contribution in [3.8, 4) is 6.07 Å². The molecule has 0 N–H and O–H groups in total. The van der Waals surface area contributed by atoms with Gasteiger partial charge in [0.25, 0.3) is 11.6 Å². The third-order valence-corrected chi connectivity index (χ3v) is 2.57. The Hall–Kier alpha value is -2.42. The predicted octanol–water partition coefficient (Wildman–Crippen LogP) is 1.89. The molecule has 6 nitrogen and oxygen atoms in total. The van der Waals surface area contributed by atoms with Crippen LogP contribution in [0.4, 0.5) is 5.69 Å². The number of nitro benzene ring substituents is 1. The van der Waals surface area contributed by atoms with Gasteiger partial charge in [-0.3, -0.25) is 14.9 Å². The highest BCUT2D eigenvalue weighted by Gasteiger charge is 2.24. The van der Waals surface area contributed by atoms with E-state index in [1.54, 1.807) is 19.1 Å². The summed E-state index contributed by atoms with van der Waals surface area (Å²) in [5.74, 6) is -0.435. The van der Waals surface area contributed by atoms with Crippen LogP contribution in [0.3, 0.4) is 0 Å². The van der Waals surface area contributed by atoms with E-state index < -0.39 is 10.8 Å². The summed E-state index contributed by atoms with van der Waals surface area (Å²) in [6.45, 7) is 1.90. The molecular formula is C12H13N3O3. The maximum atomic E-state index is 12.1. The minimum atomic E-state index is -0.571. The number of amides is 1. The minimum absolute atomic E-state index is 0.0861. The molecule has 0 unspecified atom stereocenters. The van der Waals surface area contributed by atoms with Crippen LogP contribution in [-0.2, 0) is 0 Å². The zero-order valence-corrected chi connectivity index (χ0v) is 10.2. The van der Waals surface area contributed by atoms with Crippen LogP contribution < -0.4 is 0 Å². The molecule has 1 aromatic carbocycles. The van der Waals surface area contributed by atoms with Gasteiger partial charge in [0.05, 0.1) is 17.4 Å². The number of carbonyl (C=O) groups is 1. The van der Waals surface area contributed by atoms with Gasteiger partial charge in [-0.25, -0.2) is 0 Å². The Kier molecular flexibility index (Phi) is 4.38. The molecule has 0 spiro atoms. The Bertz CT molecular complexity index is 520. The van der Waals surface area contributed by atoms with Crippen molar-refractivity contribution in [1.29, 1.82) is 5.26 Å². The van der Waals surface area contributed by atoms with E-state index >= 15 is 0 Å². The van der Waals surface area contributed by atoms with Crippen LogP contribution in [0.1, 0.15) is 22.3 Å². The number of nitro groups is 1. The summed E-state index contributed by atoms with van der Waals surface area (Å²) < 4.78 is 0. The molecular weight excluding hydrogens is 234 g/mol. The lowest BCUT2D eigenvalue weighted by atomic mass is 10.1. The van der Waals surface area contributed by atoms with Gasteiger partial charge in [-0.1, -0.05) is 12.1 Å². The van der Waals surface area contributed by atoms with Crippen molar-refractivity contribution in [2.45, 2.75) is 13.3 Å². The molecule has 0 atom stereocenters. The third kappa shape index (κ3) is 2.83. The van der Waals surface area contributed by atoms with E-state index in [9.17, 15) is 14.9 Å². The van der Waals surface area contributed by atoms with Crippen LogP contribution in [0.15, 0.2) is 18.2 Å². The summed E-state index contributed by atoms with van der Waals surface area (Å²) in [7, 11) is 1.52. The van der Waals surface area contributed by atoms with Gasteiger partial charge in [-0.2, -0.15) is 5.26 Å². The maximum absolute atomic E-state index is 12.1. The van der Waals surface area contributed by atoms with Gasteiger partial charge in [-0.05, 0) is 12.5 Å². The summed E-state index contributed by atoms with van der Waals surface area (Å²) >= 11 is 0. The Morgan fingerprint density at radius 2 is 2.22 bits per heavy atom. The monoisotopic (exact) mass is 247 g/mol. The summed E-state index contributed by atoms with van der Waals surface area (Å²) in [6, 6.07) is 6.43. The number of benzene rings is 1. The van der Waals surface area contributed by atoms with Crippen molar-refractivity contribution in [3.63, 3.8) is 0 Å². The van der Waals surface area contributed by atoms with Crippen LogP contribution in [0.25, 0.3) is 0 Å². The lowest BCUT2D eigenvalue weighted by molar-refractivity contribution is -0.385. The van der Waals surface area contributed by atoms with E-state index in [4.69, 9.17) is 5.26 Å². The molecule has 0 aliphatic heterocycles. The summed E-state index contributed by atoms with van der Waals surface area (Å²) in [6.07, 6.45) is 0.196. The van der Waals surface area contributed by atoms with Crippen LogP contribution in [0, 0.1) is 28.4 Å². The first-order chi connectivity index (χ1) is 8.49. The first-order valence-corrected chi connectivity index (χ1v) is 5.35. The average Bonchev–Trinajstić information content (AvgIpc) is 2.34. The first kappa shape index (κ1) is 13.6. The number of carbonyl (C=O) groups excluding carboxylic acids is 1. The zero-order chi connectivity index (χ0) is 13.7. The average molecular weight is 247 g/mol. The molecule has 0 aromatic heterocycles. The normalized spacial score (nSPS) is 9.61. The van der Waals surface area contributed by atoms with Crippen molar-refractivity contribution in [2.24, 2.45) is 0 Å². The topological polar surface area (TPSA) is 87.2 Å². The van der Waals surface area contributed by atoms with E-state index in [1.165, 1.54) is 18.0 Å². The van der Waals surface area contributed by atoms with Gasteiger partial charge in [-0.15, -0.1) is 0 Å². The molecule has 18 heavy (non-hydrogen) atoms. The van der Waals surface area contributed by atoms with Crippen molar-refractivity contribution in [2.75, 3.05) is 13.6 Å². The van der Waals surface area contributed by atoms with E-state index in [0.717, 1.165) is 0 Å². The van der Waals surface area contributed by atoms with E-state index in [1.807, 2.05) is 6.07 Å². The lowest BCUT2D eigenvalue weighted by Gasteiger charge is -2.16. The third-order valence-electron chi connectivity index (χ3n) is 2.57. The Morgan fingerprint density at radius 1 is 1.56 bits per heavy atom. The molecule has 1 rings (SSSR count). The molecule has 0 saturated heterocycles. The molecule has 6 heteroatoms. The molecule has 0 heterocycles. The van der Waals surface area contributed by atoms with E-state index in [-0.39, 0.29) is 24.2 Å². The van der Waals surface area contributed by atoms with Gasteiger partial charge in [0.2, 0.25) is 0 Å². The number of aryl methyl sites for hydroxylation is 1. The second-order valence-electron chi connectivity index (χ2n) is 3.86. The van der Waals surface area contributed by atoms with Crippen LogP contribution in [0.2, 0.25) is 0 Å². The molecule has 0 aliphatic rings. The number of hydrogen-bond acceptors (Lipinski definition) is 4. The van der Waals surface area contributed by atoms with Gasteiger partial charge in [0.15, 0.2) is 0 Å². The Balaban J connectivity index is 3.12. The highest BCUT2D eigenvalue weighted by molar-refractivity contribution is 5.99. The number of hydrogen-bond donors (Lipinski definition) is 0. The molecule has 0 bridgehead atoms. The molecule has 0 saturated carbocycles. The van der Waals surface area contributed by atoms with E-state index in [2.05, 4.69) is 0 Å². The van der Waals surface area contributed by atoms with Crippen molar-refractivity contribution in [3.05, 3.63) is 39.4 Å². The molecule has 0 fully saturated rings. The highest BCUT2D eigenvalue weighted by Crippen LogP contribution is 2.23. The van der Waals surface area contributed by atoms with Gasteiger partial charge < -0.3 is 4.90 Å². The van der Waals surface area contributed by atoms with Gasteiger partial charge >= 0.3 is 0 Å². The fourth-order valence-corrected chi connectivity index (χ4v) is 1.59. The smallest absolute Gasteiger partial charge is 0.282 e. The predicted molar refractivity (Wildman–Crippen MR) is 65.0 cm³/mol.